The molecule has 158 valence electrons. The molecule has 0 atom stereocenters. The molecule has 0 saturated heterocycles. The number of fused-ring (bicyclic) bond motifs is 1. The Bertz CT molecular complexity index is 921. The van der Waals surface area contributed by atoms with E-state index in [0.29, 0.717) is 30.3 Å². The largest absolute Gasteiger partial charge is 0.492 e. The number of nitrogens with one attached hydrogen (secondary N) is 1. The summed E-state index contributed by atoms with van der Waals surface area (Å²) in [4.78, 5) is 26.8. The lowest BCUT2D eigenvalue weighted by Gasteiger charge is -2.30. The summed E-state index contributed by atoms with van der Waals surface area (Å²) in [5, 5.41) is 3.02. The molecule has 0 radical (unpaired) electrons. The Labute approximate surface area is 177 Å². The van der Waals surface area contributed by atoms with Gasteiger partial charge in [0.1, 0.15) is 18.1 Å². The number of nitrogens with zero attached hydrogens (tertiary/aromatic N) is 1. The van der Waals surface area contributed by atoms with Gasteiger partial charge in [0.15, 0.2) is 6.61 Å². The highest BCUT2D eigenvalue weighted by Gasteiger charge is 2.27. The topological polar surface area (TPSA) is 67.9 Å². The van der Waals surface area contributed by atoms with Crippen LogP contribution in [0.25, 0.3) is 0 Å². The van der Waals surface area contributed by atoms with Gasteiger partial charge in [0.25, 0.3) is 5.91 Å². The quantitative estimate of drug-likeness (QED) is 0.773. The molecular weight excluding hydrogens is 380 g/mol. The van der Waals surface area contributed by atoms with Crippen LogP contribution in [0.2, 0.25) is 0 Å². The molecule has 0 unspecified atom stereocenters. The van der Waals surface area contributed by atoms with Gasteiger partial charge in [-0.15, -0.1) is 0 Å². The molecule has 0 aromatic heterocycles. The lowest BCUT2D eigenvalue weighted by atomic mass is 9.88. The van der Waals surface area contributed by atoms with Gasteiger partial charge >= 0.3 is 0 Å². The van der Waals surface area contributed by atoms with E-state index in [1.165, 1.54) is 6.42 Å². The zero-order chi connectivity index (χ0) is 20.9. The maximum Gasteiger partial charge on any atom is 0.265 e. The number of hydrogen-bond acceptors (Lipinski definition) is 4. The second-order valence-corrected chi connectivity index (χ2v) is 8.01. The average molecular weight is 408 g/mol. The van der Waals surface area contributed by atoms with Crippen LogP contribution in [0.4, 0.5) is 11.4 Å². The molecule has 2 aliphatic rings. The van der Waals surface area contributed by atoms with Gasteiger partial charge in [-0.05, 0) is 55.7 Å². The standard InChI is InChI=1S/C24H28N2O4/c1-17-6-5-9-20(14-17)29-13-12-26-21-15-19(10-11-22(21)30-16-23(26)27)25-24(28)18-7-3-2-4-8-18/h5-6,9-11,14-15,18H,2-4,7-8,12-13,16H2,1H3,(H,25,28). The number of carbonyl (C=O) groups excluding carboxylic acids is 2. The van der Waals surface area contributed by atoms with Crippen molar-refractivity contribution >= 4 is 23.2 Å². The van der Waals surface area contributed by atoms with E-state index < -0.39 is 0 Å². The summed E-state index contributed by atoms with van der Waals surface area (Å²) in [7, 11) is 0. The van der Waals surface area contributed by atoms with Crippen LogP contribution in [0, 0.1) is 12.8 Å². The molecule has 1 aliphatic carbocycles. The molecule has 1 fully saturated rings. The first-order valence-corrected chi connectivity index (χ1v) is 10.7. The molecule has 2 aromatic rings. The molecular formula is C24H28N2O4. The maximum atomic E-state index is 12.6. The highest BCUT2D eigenvalue weighted by Crippen LogP contribution is 2.35. The summed E-state index contributed by atoms with van der Waals surface area (Å²) in [5.74, 6) is 1.44. The molecule has 1 aliphatic heterocycles. The third-order valence-corrected chi connectivity index (χ3v) is 5.72. The van der Waals surface area contributed by atoms with E-state index >= 15 is 0 Å². The van der Waals surface area contributed by atoms with Crippen LogP contribution < -0.4 is 19.7 Å². The highest BCUT2D eigenvalue weighted by atomic mass is 16.5. The van der Waals surface area contributed by atoms with E-state index in [0.717, 1.165) is 37.0 Å². The fraction of sp³-hybridized carbons (Fsp3) is 0.417. The minimum absolute atomic E-state index is 0.00518. The lowest BCUT2D eigenvalue weighted by Crippen LogP contribution is -2.41. The number of carbonyl (C=O) groups is 2. The molecule has 4 rings (SSSR count). The Hall–Kier alpha value is -3.02. The molecule has 1 N–H and O–H groups in total. The van der Waals surface area contributed by atoms with Gasteiger partial charge in [0.05, 0.1) is 12.2 Å². The number of ether oxygens (including phenoxy) is 2. The summed E-state index contributed by atoms with van der Waals surface area (Å²) in [6.07, 6.45) is 5.32. The summed E-state index contributed by atoms with van der Waals surface area (Å²) in [5.41, 5.74) is 2.48. The first-order chi connectivity index (χ1) is 14.6. The molecule has 30 heavy (non-hydrogen) atoms. The molecule has 1 saturated carbocycles. The van der Waals surface area contributed by atoms with Crippen molar-refractivity contribution in [2.24, 2.45) is 5.92 Å². The predicted octanol–water partition coefficient (Wildman–Crippen LogP) is 4.32. The normalized spacial score (nSPS) is 16.6. The second kappa shape index (κ2) is 9.20. The van der Waals surface area contributed by atoms with Gasteiger partial charge < -0.3 is 19.7 Å². The Balaban J connectivity index is 1.43. The smallest absolute Gasteiger partial charge is 0.265 e. The maximum absolute atomic E-state index is 12.6. The van der Waals surface area contributed by atoms with Crippen molar-refractivity contribution in [3.63, 3.8) is 0 Å². The number of benzene rings is 2. The zero-order valence-electron chi connectivity index (χ0n) is 17.4. The SMILES string of the molecule is Cc1cccc(OCCN2C(=O)COc3ccc(NC(=O)C4CCCCC4)cc32)c1. The first-order valence-electron chi connectivity index (χ1n) is 10.7. The Morgan fingerprint density at radius 3 is 2.80 bits per heavy atom. The van der Waals surface area contributed by atoms with Crippen molar-refractivity contribution in [2.45, 2.75) is 39.0 Å². The molecule has 0 bridgehead atoms. The fourth-order valence-electron chi connectivity index (χ4n) is 4.09. The number of anilines is 2. The molecule has 2 amide bonds. The van der Waals surface area contributed by atoms with Crippen molar-refractivity contribution in [3.8, 4) is 11.5 Å². The van der Waals surface area contributed by atoms with Crippen molar-refractivity contribution < 1.29 is 19.1 Å². The fourth-order valence-corrected chi connectivity index (χ4v) is 4.09. The van der Waals surface area contributed by atoms with Crippen molar-refractivity contribution in [1.82, 2.24) is 0 Å². The third kappa shape index (κ3) is 4.75. The summed E-state index contributed by atoms with van der Waals surface area (Å²) >= 11 is 0. The van der Waals surface area contributed by atoms with E-state index in [1.807, 2.05) is 49.4 Å². The summed E-state index contributed by atoms with van der Waals surface area (Å²) < 4.78 is 11.4. The third-order valence-electron chi connectivity index (χ3n) is 5.72. The predicted molar refractivity (Wildman–Crippen MR) is 116 cm³/mol. The number of hydrogen-bond donors (Lipinski definition) is 1. The van der Waals surface area contributed by atoms with Crippen LogP contribution in [-0.4, -0.2) is 31.6 Å². The highest BCUT2D eigenvalue weighted by molar-refractivity contribution is 5.99. The van der Waals surface area contributed by atoms with Crippen LogP contribution in [0.3, 0.4) is 0 Å². The van der Waals surface area contributed by atoms with Gasteiger partial charge in [-0.25, -0.2) is 0 Å². The van der Waals surface area contributed by atoms with Gasteiger partial charge in [0, 0.05) is 11.6 Å². The molecule has 6 heteroatoms. The van der Waals surface area contributed by atoms with Crippen LogP contribution in [0.1, 0.15) is 37.7 Å². The minimum atomic E-state index is -0.119. The molecule has 0 spiro atoms. The second-order valence-electron chi connectivity index (χ2n) is 8.01. The Morgan fingerprint density at radius 2 is 2.00 bits per heavy atom. The molecule has 2 aromatic carbocycles. The van der Waals surface area contributed by atoms with Gasteiger partial charge in [-0.3, -0.25) is 9.59 Å². The van der Waals surface area contributed by atoms with Crippen LogP contribution >= 0.6 is 0 Å². The van der Waals surface area contributed by atoms with E-state index in [-0.39, 0.29) is 24.3 Å². The Kier molecular flexibility index (Phi) is 6.21. The number of amides is 2. The minimum Gasteiger partial charge on any atom is -0.492 e. The Morgan fingerprint density at radius 1 is 1.17 bits per heavy atom. The van der Waals surface area contributed by atoms with Gasteiger partial charge in [0.2, 0.25) is 5.91 Å². The lowest BCUT2D eigenvalue weighted by molar-refractivity contribution is -0.121. The molecule has 6 nitrogen and oxygen atoms in total. The summed E-state index contributed by atoms with van der Waals surface area (Å²) in [6.45, 7) is 2.79. The average Bonchev–Trinajstić information content (AvgIpc) is 2.76. The van der Waals surface area contributed by atoms with E-state index in [4.69, 9.17) is 9.47 Å². The van der Waals surface area contributed by atoms with E-state index in [1.54, 1.807) is 4.90 Å². The van der Waals surface area contributed by atoms with Crippen LogP contribution in [-0.2, 0) is 9.59 Å². The van der Waals surface area contributed by atoms with Crippen LogP contribution in [0.15, 0.2) is 42.5 Å². The number of aryl methyl sites for hydroxylation is 1. The summed E-state index contributed by atoms with van der Waals surface area (Å²) in [6, 6.07) is 13.3. The first kappa shape index (κ1) is 20.3. The van der Waals surface area contributed by atoms with Crippen molar-refractivity contribution in [2.75, 3.05) is 30.0 Å². The van der Waals surface area contributed by atoms with Gasteiger partial charge in [-0.2, -0.15) is 0 Å². The number of rotatable bonds is 6. The van der Waals surface area contributed by atoms with Crippen LogP contribution in [0.5, 0.6) is 11.5 Å². The van der Waals surface area contributed by atoms with Gasteiger partial charge in [-0.1, -0.05) is 31.4 Å². The monoisotopic (exact) mass is 408 g/mol. The van der Waals surface area contributed by atoms with Crippen molar-refractivity contribution in [1.29, 1.82) is 0 Å². The van der Waals surface area contributed by atoms with E-state index in [9.17, 15) is 9.59 Å². The molecule has 1 heterocycles. The van der Waals surface area contributed by atoms with E-state index in [2.05, 4.69) is 5.32 Å². The van der Waals surface area contributed by atoms with Crippen molar-refractivity contribution in [3.05, 3.63) is 48.0 Å². The zero-order valence-corrected chi connectivity index (χ0v) is 17.4.